The van der Waals surface area contributed by atoms with Gasteiger partial charge in [-0.1, -0.05) is 81.1 Å². The van der Waals surface area contributed by atoms with Gasteiger partial charge in [0.25, 0.3) is 0 Å². The van der Waals surface area contributed by atoms with Crippen LogP contribution in [0.1, 0.15) is 51.5 Å². The zero-order chi connectivity index (χ0) is 19.6. The van der Waals surface area contributed by atoms with E-state index < -0.39 is 0 Å². The van der Waals surface area contributed by atoms with Crippen molar-refractivity contribution in [1.82, 2.24) is 5.32 Å². The summed E-state index contributed by atoms with van der Waals surface area (Å²) in [4.78, 5) is 0. The first-order valence-corrected chi connectivity index (χ1v) is 10.8. The largest absolute Gasteiger partial charge is 0.310 e. The van der Waals surface area contributed by atoms with Crippen LogP contribution in [0.3, 0.4) is 0 Å². The van der Waals surface area contributed by atoms with Crippen LogP contribution in [0.15, 0.2) is 84.0 Å². The van der Waals surface area contributed by atoms with Crippen LogP contribution in [-0.4, -0.2) is 12.6 Å². The fourth-order valence-corrected chi connectivity index (χ4v) is 5.00. The molecule has 0 bridgehead atoms. The first-order valence-electron chi connectivity index (χ1n) is 10.8. The smallest absolute Gasteiger partial charge is 0.0288 e. The van der Waals surface area contributed by atoms with Gasteiger partial charge in [-0.3, -0.25) is 0 Å². The predicted molar refractivity (Wildman–Crippen MR) is 121 cm³/mol. The molecule has 0 aromatic heterocycles. The van der Waals surface area contributed by atoms with Crippen molar-refractivity contribution in [2.45, 2.75) is 52.0 Å². The minimum atomic E-state index is 0.219. The van der Waals surface area contributed by atoms with Gasteiger partial charge in [0, 0.05) is 6.04 Å². The van der Waals surface area contributed by atoms with Crippen molar-refractivity contribution in [1.29, 1.82) is 0 Å². The molecule has 0 spiro atoms. The van der Waals surface area contributed by atoms with Crippen molar-refractivity contribution in [2.24, 2.45) is 11.3 Å². The van der Waals surface area contributed by atoms with Crippen LogP contribution >= 0.6 is 0 Å². The van der Waals surface area contributed by atoms with E-state index >= 15 is 0 Å². The molecule has 3 aliphatic carbocycles. The third-order valence-electron chi connectivity index (χ3n) is 6.83. The van der Waals surface area contributed by atoms with Gasteiger partial charge in [0.15, 0.2) is 0 Å². The maximum Gasteiger partial charge on any atom is 0.0288 e. The van der Waals surface area contributed by atoms with Crippen molar-refractivity contribution in [3.8, 4) is 0 Å². The average molecular weight is 372 g/mol. The van der Waals surface area contributed by atoms with E-state index in [4.69, 9.17) is 0 Å². The lowest BCUT2D eigenvalue weighted by molar-refractivity contribution is 0.311. The second-order valence-corrected chi connectivity index (χ2v) is 8.93. The molecule has 1 aromatic rings. The lowest BCUT2D eigenvalue weighted by Crippen LogP contribution is -2.28. The number of hydrogen-bond donors (Lipinski definition) is 1. The SMILES string of the molecule is C=C1/C(=C\CCNC2C=CC(c3ccccc3)=CC2)C2=CCCCC2C1(C)C. The minimum absolute atomic E-state index is 0.219. The fraction of sp³-hybridized carbons (Fsp3) is 0.407. The number of allylic oxidation sites excluding steroid dienone is 6. The third kappa shape index (κ3) is 3.73. The molecule has 28 heavy (non-hydrogen) atoms. The molecule has 0 radical (unpaired) electrons. The van der Waals surface area contributed by atoms with Gasteiger partial charge >= 0.3 is 0 Å². The van der Waals surface area contributed by atoms with E-state index in [1.165, 1.54) is 41.5 Å². The van der Waals surface area contributed by atoms with Crippen molar-refractivity contribution >= 4 is 5.57 Å². The zero-order valence-electron chi connectivity index (χ0n) is 17.4. The van der Waals surface area contributed by atoms with Crippen LogP contribution in [0.5, 0.6) is 0 Å². The highest BCUT2D eigenvalue weighted by molar-refractivity contribution is 5.75. The van der Waals surface area contributed by atoms with E-state index in [1.807, 2.05) is 0 Å². The first kappa shape index (κ1) is 19.2. The monoisotopic (exact) mass is 371 g/mol. The maximum atomic E-state index is 4.47. The second kappa shape index (κ2) is 8.09. The summed E-state index contributed by atoms with van der Waals surface area (Å²) in [7, 11) is 0. The van der Waals surface area contributed by atoms with Crippen LogP contribution in [0.4, 0.5) is 0 Å². The molecule has 1 fully saturated rings. The molecule has 146 valence electrons. The molecular weight excluding hydrogens is 338 g/mol. The number of rotatable bonds is 5. The van der Waals surface area contributed by atoms with Gasteiger partial charge < -0.3 is 5.32 Å². The van der Waals surface area contributed by atoms with Crippen LogP contribution in [-0.2, 0) is 0 Å². The molecule has 0 heterocycles. The first-order chi connectivity index (χ1) is 13.6. The standard InChI is InChI=1S/C27H33N/c1-20-24(25-12-7-8-14-26(25)27(20,2)3)13-9-19-28-23-17-15-22(16-18-23)21-10-5-4-6-11-21/h4-6,10-13,15-17,23,26,28H,1,7-9,14,18-19H2,2-3H3/b24-13+. The van der Waals surface area contributed by atoms with E-state index in [9.17, 15) is 0 Å². The molecule has 2 atom stereocenters. The Labute approximate surface area is 170 Å². The molecule has 0 amide bonds. The van der Waals surface area contributed by atoms with Crippen LogP contribution < -0.4 is 5.32 Å². The Kier molecular flexibility index (Phi) is 5.55. The summed E-state index contributed by atoms with van der Waals surface area (Å²) in [6.07, 6.45) is 17.8. The minimum Gasteiger partial charge on any atom is -0.310 e. The topological polar surface area (TPSA) is 12.0 Å². The Morgan fingerprint density at radius 2 is 2.00 bits per heavy atom. The molecule has 2 unspecified atom stereocenters. The summed E-state index contributed by atoms with van der Waals surface area (Å²) in [5, 5.41) is 3.70. The van der Waals surface area contributed by atoms with Crippen LogP contribution in [0.25, 0.3) is 5.57 Å². The molecule has 4 rings (SSSR count). The number of nitrogens with one attached hydrogen (secondary N) is 1. The Balaban J connectivity index is 1.32. The third-order valence-corrected chi connectivity index (χ3v) is 6.83. The lowest BCUT2D eigenvalue weighted by atomic mass is 9.74. The molecule has 1 aromatic carbocycles. The van der Waals surface area contributed by atoms with Crippen molar-refractivity contribution in [3.63, 3.8) is 0 Å². The summed E-state index contributed by atoms with van der Waals surface area (Å²) in [5.41, 5.74) is 7.23. The van der Waals surface area contributed by atoms with Gasteiger partial charge in [-0.25, -0.2) is 0 Å². The van der Waals surface area contributed by atoms with Crippen LogP contribution in [0.2, 0.25) is 0 Å². The van der Waals surface area contributed by atoms with Gasteiger partial charge in [-0.05, 0) is 77.8 Å². The molecule has 1 saturated carbocycles. The van der Waals surface area contributed by atoms with E-state index in [0.29, 0.717) is 12.0 Å². The van der Waals surface area contributed by atoms with E-state index in [1.54, 1.807) is 5.57 Å². The number of fused-ring (bicyclic) bond motifs is 1. The highest BCUT2D eigenvalue weighted by Crippen LogP contribution is 2.56. The molecule has 1 heteroatoms. The summed E-state index contributed by atoms with van der Waals surface area (Å²) in [5.74, 6) is 0.677. The van der Waals surface area contributed by atoms with E-state index in [2.05, 4.69) is 86.5 Å². The molecule has 1 nitrogen and oxygen atoms in total. The quantitative estimate of drug-likeness (QED) is 0.573. The van der Waals surface area contributed by atoms with Crippen molar-refractivity contribution in [3.05, 3.63) is 89.6 Å². The molecule has 0 aliphatic heterocycles. The summed E-state index contributed by atoms with van der Waals surface area (Å²) in [6, 6.07) is 11.1. The molecule has 0 saturated heterocycles. The van der Waals surface area contributed by atoms with Crippen LogP contribution in [0, 0.1) is 11.3 Å². The Morgan fingerprint density at radius 1 is 1.18 bits per heavy atom. The highest BCUT2D eigenvalue weighted by Gasteiger charge is 2.44. The fourth-order valence-electron chi connectivity index (χ4n) is 5.00. The molecular formula is C27H33N. The highest BCUT2D eigenvalue weighted by atomic mass is 14.9. The van der Waals surface area contributed by atoms with Gasteiger partial charge in [0.2, 0.25) is 0 Å². The van der Waals surface area contributed by atoms with E-state index in [0.717, 1.165) is 19.4 Å². The normalized spacial score (nSPS) is 27.5. The van der Waals surface area contributed by atoms with Gasteiger partial charge in [0.1, 0.15) is 0 Å². The van der Waals surface area contributed by atoms with Crippen molar-refractivity contribution < 1.29 is 0 Å². The Bertz CT molecular complexity index is 848. The summed E-state index contributed by atoms with van der Waals surface area (Å²) < 4.78 is 0. The van der Waals surface area contributed by atoms with E-state index in [-0.39, 0.29) is 5.41 Å². The van der Waals surface area contributed by atoms with Gasteiger partial charge in [0.05, 0.1) is 0 Å². The Morgan fingerprint density at radius 3 is 2.75 bits per heavy atom. The number of benzene rings is 1. The molecule has 1 N–H and O–H groups in total. The maximum absolute atomic E-state index is 4.47. The second-order valence-electron chi connectivity index (χ2n) is 8.93. The predicted octanol–water partition coefficient (Wildman–Crippen LogP) is 6.63. The zero-order valence-corrected chi connectivity index (χ0v) is 17.4. The van der Waals surface area contributed by atoms with Gasteiger partial charge in [-0.15, -0.1) is 0 Å². The summed E-state index contributed by atoms with van der Waals surface area (Å²) in [6.45, 7) is 10.2. The van der Waals surface area contributed by atoms with Crippen molar-refractivity contribution in [2.75, 3.05) is 6.54 Å². The number of hydrogen-bond acceptors (Lipinski definition) is 1. The average Bonchev–Trinajstić information content (AvgIpc) is 2.93. The molecule has 3 aliphatic rings. The lowest BCUT2D eigenvalue weighted by Gasteiger charge is -2.29. The summed E-state index contributed by atoms with van der Waals surface area (Å²) >= 11 is 0. The Hall–Kier alpha value is -2.12. The van der Waals surface area contributed by atoms with Gasteiger partial charge in [-0.2, -0.15) is 0 Å².